The predicted molar refractivity (Wildman–Crippen MR) is 130 cm³/mol. The summed E-state index contributed by atoms with van der Waals surface area (Å²) in [6.45, 7) is 4.56. The summed E-state index contributed by atoms with van der Waals surface area (Å²) in [5.41, 5.74) is 3.20. The molecule has 2 heterocycles. The fraction of sp³-hybridized carbons (Fsp3) is 0.269. The lowest BCUT2D eigenvalue weighted by atomic mass is 9.95. The first kappa shape index (κ1) is 25.2. The third-order valence-electron chi connectivity index (χ3n) is 6.26. The molecule has 3 N–H and O–H groups in total. The van der Waals surface area contributed by atoms with E-state index in [1.807, 2.05) is 13.0 Å². The van der Waals surface area contributed by atoms with Crippen LogP contribution in [-0.4, -0.2) is 22.5 Å². The molecule has 3 amide bonds. The number of imide groups is 1. The number of nitrogens with zero attached hydrogens (tertiary/aromatic N) is 1. The van der Waals surface area contributed by atoms with E-state index in [2.05, 4.69) is 22.9 Å². The number of aryl methyl sites for hydroxylation is 1. The average Bonchev–Trinajstić information content (AvgIpc) is 2.82. The largest absolute Gasteiger partial charge is 0.416 e. The minimum Gasteiger partial charge on any atom is -0.315 e. The number of benzene rings is 2. The Balaban J connectivity index is 1.53. The van der Waals surface area contributed by atoms with Crippen LogP contribution in [0.1, 0.15) is 39.7 Å². The third-order valence-corrected chi connectivity index (χ3v) is 6.26. The highest BCUT2D eigenvalue weighted by molar-refractivity contribution is 6.08. The maximum atomic E-state index is 13.1. The molecule has 188 valence electrons. The first-order valence-electron chi connectivity index (χ1n) is 11.3. The number of anilines is 1. The molecule has 1 aliphatic rings. The lowest BCUT2D eigenvalue weighted by Crippen LogP contribution is -2.37. The van der Waals surface area contributed by atoms with Crippen LogP contribution in [0.4, 0.5) is 23.7 Å². The molecule has 0 saturated heterocycles. The Morgan fingerprint density at radius 1 is 1.06 bits per heavy atom. The molecule has 4 rings (SSSR count). The summed E-state index contributed by atoms with van der Waals surface area (Å²) in [5, 5.41) is 8.03. The van der Waals surface area contributed by atoms with Crippen molar-refractivity contribution < 1.29 is 22.8 Å². The SMILES string of the molecule is Cc1ccc(NC(=O)NC(=O)c2ccc(C(F)(F)F)cc2)cc1-c1cc2c(n(C)c1=O)CC(C)NC2. The molecule has 2 aromatic carbocycles. The standard InChI is InChI=1S/C26H25F3N4O3/c1-14-4-9-19(31-25(36)32-23(34)16-5-7-18(8-6-16)26(27,28)29)12-20(14)21-11-17-13-30-15(2)10-22(17)33(3)24(21)35/h4-9,11-12,15,30H,10,13H2,1-3H3,(H2,31,32,34,36). The lowest BCUT2D eigenvalue weighted by molar-refractivity contribution is -0.137. The molecular formula is C26H25F3N4O3. The molecule has 10 heteroatoms. The van der Waals surface area contributed by atoms with Crippen LogP contribution >= 0.6 is 0 Å². The van der Waals surface area contributed by atoms with Gasteiger partial charge >= 0.3 is 12.2 Å². The summed E-state index contributed by atoms with van der Waals surface area (Å²) >= 11 is 0. The number of carbonyl (C=O) groups is 2. The van der Waals surface area contributed by atoms with Crippen molar-refractivity contribution in [3.63, 3.8) is 0 Å². The van der Waals surface area contributed by atoms with Gasteiger partial charge in [0.2, 0.25) is 0 Å². The Hall–Kier alpha value is -3.92. The molecule has 0 aliphatic carbocycles. The second-order valence-electron chi connectivity index (χ2n) is 8.89. The third kappa shape index (κ3) is 5.18. The van der Waals surface area contributed by atoms with E-state index < -0.39 is 23.7 Å². The van der Waals surface area contributed by atoms with Crippen LogP contribution in [0.5, 0.6) is 0 Å². The van der Waals surface area contributed by atoms with Gasteiger partial charge in [0, 0.05) is 48.6 Å². The van der Waals surface area contributed by atoms with E-state index >= 15 is 0 Å². The van der Waals surface area contributed by atoms with Gasteiger partial charge in [-0.05, 0) is 73.0 Å². The van der Waals surface area contributed by atoms with Crippen molar-refractivity contribution in [1.29, 1.82) is 0 Å². The van der Waals surface area contributed by atoms with Crippen LogP contribution in [0.15, 0.2) is 53.3 Å². The molecule has 36 heavy (non-hydrogen) atoms. The molecular weight excluding hydrogens is 473 g/mol. The van der Waals surface area contributed by atoms with E-state index in [0.717, 1.165) is 47.5 Å². The molecule has 7 nitrogen and oxygen atoms in total. The smallest absolute Gasteiger partial charge is 0.315 e. The Kier molecular flexibility index (Phi) is 6.73. The minimum absolute atomic E-state index is 0.0942. The summed E-state index contributed by atoms with van der Waals surface area (Å²) in [6.07, 6.45) is -3.78. The number of amides is 3. The number of pyridine rings is 1. The molecule has 0 fully saturated rings. The Morgan fingerprint density at radius 3 is 2.42 bits per heavy atom. The summed E-state index contributed by atoms with van der Waals surface area (Å²) in [7, 11) is 1.75. The number of urea groups is 1. The number of aromatic nitrogens is 1. The fourth-order valence-corrected chi connectivity index (χ4v) is 4.24. The van der Waals surface area contributed by atoms with Gasteiger partial charge in [-0.1, -0.05) is 6.07 Å². The topological polar surface area (TPSA) is 92.2 Å². The Labute approximate surface area is 205 Å². The van der Waals surface area contributed by atoms with E-state index in [1.54, 1.807) is 29.8 Å². The van der Waals surface area contributed by atoms with Gasteiger partial charge in [0.1, 0.15) is 0 Å². The maximum absolute atomic E-state index is 13.1. The van der Waals surface area contributed by atoms with Gasteiger partial charge in [-0.2, -0.15) is 13.2 Å². The van der Waals surface area contributed by atoms with Crippen molar-refractivity contribution in [2.24, 2.45) is 7.05 Å². The normalized spacial score (nSPS) is 15.2. The maximum Gasteiger partial charge on any atom is 0.416 e. The number of rotatable bonds is 3. The van der Waals surface area contributed by atoms with Gasteiger partial charge < -0.3 is 15.2 Å². The van der Waals surface area contributed by atoms with Crippen molar-refractivity contribution in [1.82, 2.24) is 15.2 Å². The van der Waals surface area contributed by atoms with Gasteiger partial charge in [0.05, 0.1) is 5.56 Å². The number of fused-ring (bicyclic) bond motifs is 1. The molecule has 1 unspecified atom stereocenters. The monoisotopic (exact) mass is 498 g/mol. The second-order valence-corrected chi connectivity index (χ2v) is 8.89. The zero-order chi connectivity index (χ0) is 26.2. The van der Waals surface area contributed by atoms with Crippen molar-refractivity contribution in [3.05, 3.63) is 86.8 Å². The number of nitrogens with one attached hydrogen (secondary N) is 3. The van der Waals surface area contributed by atoms with Gasteiger partial charge in [-0.15, -0.1) is 0 Å². The summed E-state index contributed by atoms with van der Waals surface area (Å²) < 4.78 is 39.8. The minimum atomic E-state index is -4.52. The van der Waals surface area contributed by atoms with Crippen molar-refractivity contribution in [2.75, 3.05) is 5.32 Å². The second kappa shape index (κ2) is 9.62. The van der Waals surface area contributed by atoms with Gasteiger partial charge in [-0.25, -0.2) is 4.79 Å². The van der Waals surface area contributed by atoms with Gasteiger partial charge in [0.25, 0.3) is 11.5 Å². The summed E-state index contributed by atoms with van der Waals surface area (Å²) in [5.74, 6) is -0.848. The number of hydrogen-bond donors (Lipinski definition) is 3. The Bertz CT molecular complexity index is 1400. The molecule has 1 atom stereocenters. The predicted octanol–water partition coefficient (Wildman–Crippen LogP) is 4.38. The van der Waals surface area contributed by atoms with Crippen LogP contribution in [0.2, 0.25) is 0 Å². The molecule has 0 radical (unpaired) electrons. The molecule has 0 bridgehead atoms. The van der Waals surface area contributed by atoms with Gasteiger partial charge in [0.15, 0.2) is 0 Å². The molecule has 3 aromatic rings. The number of hydrogen-bond acceptors (Lipinski definition) is 4. The van der Waals surface area contributed by atoms with Crippen molar-refractivity contribution in [3.8, 4) is 11.1 Å². The van der Waals surface area contributed by atoms with Crippen LogP contribution in [-0.2, 0) is 26.2 Å². The molecule has 1 aromatic heterocycles. The van der Waals surface area contributed by atoms with Crippen LogP contribution in [0, 0.1) is 6.92 Å². The van der Waals surface area contributed by atoms with Crippen LogP contribution in [0.25, 0.3) is 11.1 Å². The molecule has 0 saturated carbocycles. The van der Waals surface area contributed by atoms with E-state index in [4.69, 9.17) is 0 Å². The van der Waals surface area contributed by atoms with E-state index in [9.17, 15) is 27.6 Å². The van der Waals surface area contributed by atoms with Crippen molar-refractivity contribution in [2.45, 2.75) is 39.0 Å². The van der Waals surface area contributed by atoms with E-state index in [-0.39, 0.29) is 17.2 Å². The summed E-state index contributed by atoms with van der Waals surface area (Å²) in [4.78, 5) is 37.8. The first-order chi connectivity index (χ1) is 16.9. The molecule has 0 spiro atoms. The van der Waals surface area contributed by atoms with Crippen molar-refractivity contribution >= 4 is 17.6 Å². The molecule has 1 aliphatic heterocycles. The fourth-order valence-electron chi connectivity index (χ4n) is 4.24. The zero-order valence-corrected chi connectivity index (χ0v) is 19.9. The first-order valence-corrected chi connectivity index (χ1v) is 11.3. The lowest BCUT2D eigenvalue weighted by Gasteiger charge is -2.26. The highest BCUT2D eigenvalue weighted by Crippen LogP contribution is 2.29. The van der Waals surface area contributed by atoms with E-state index in [1.165, 1.54) is 0 Å². The van der Waals surface area contributed by atoms with Gasteiger partial charge in [-0.3, -0.25) is 14.9 Å². The highest BCUT2D eigenvalue weighted by atomic mass is 19.4. The Morgan fingerprint density at radius 2 is 1.75 bits per heavy atom. The summed E-state index contributed by atoms with van der Waals surface area (Å²) in [6, 6.07) is 9.86. The number of halogens is 3. The van der Waals surface area contributed by atoms with E-state index in [0.29, 0.717) is 23.4 Å². The zero-order valence-electron chi connectivity index (χ0n) is 19.9. The van der Waals surface area contributed by atoms with Crippen LogP contribution in [0.3, 0.4) is 0 Å². The highest BCUT2D eigenvalue weighted by Gasteiger charge is 2.30. The number of carbonyl (C=O) groups excluding carboxylic acids is 2. The van der Waals surface area contributed by atoms with Crippen LogP contribution < -0.4 is 21.5 Å². The quantitative estimate of drug-likeness (QED) is 0.500. The average molecular weight is 499 g/mol. The number of alkyl halides is 3.